The molecule has 1 aliphatic heterocycles. The smallest absolute Gasteiger partial charge is 0.340 e. The highest BCUT2D eigenvalue weighted by Crippen LogP contribution is 2.38. The van der Waals surface area contributed by atoms with Crippen LogP contribution >= 0.6 is 0 Å². The standard InChI is InChI=1S/C32H25F6N5/c1-19-24-6-3-2-5-20(24)14-16-43(19)18-28-41-27-17-21(29-26(32(36,37)38)7-4-15-39-29)8-13-25(27)30(42-28)40-23-11-9-22(10-12-23)31(33,34)35/h2-13,15,17,19H,14,16,18H2,1H3,(H,40,41,42). The van der Waals surface area contributed by atoms with Gasteiger partial charge in [0.25, 0.3) is 0 Å². The Kier molecular flexibility index (Phi) is 7.29. The molecule has 220 valence electrons. The lowest BCUT2D eigenvalue weighted by Gasteiger charge is -2.34. The van der Waals surface area contributed by atoms with Gasteiger partial charge in [-0.25, -0.2) is 9.97 Å². The maximum absolute atomic E-state index is 13.8. The van der Waals surface area contributed by atoms with Gasteiger partial charge in [-0.05, 0) is 73.0 Å². The molecule has 0 spiro atoms. The molecule has 0 radical (unpaired) electrons. The quantitative estimate of drug-likeness (QED) is 0.207. The first-order valence-electron chi connectivity index (χ1n) is 13.6. The molecule has 2 aromatic heterocycles. The lowest BCUT2D eigenvalue weighted by atomic mass is 9.94. The molecule has 1 N–H and O–H groups in total. The number of anilines is 2. The van der Waals surface area contributed by atoms with E-state index in [4.69, 9.17) is 9.97 Å². The first kappa shape index (κ1) is 28.6. The third-order valence-electron chi connectivity index (χ3n) is 7.67. The van der Waals surface area contributed by atoms with Crippen molar-refractivity contribution in [2.75, 3.05) is 11.9 Å². The van der Waals surface area contributed by atoms with Crippen LogP contribution in [0.3, 0.4) is 0 Å². The number of alkyl halides is 6. The zero-order chi connectivity index (χ0) is 30.4. The van der Waals surface area contributed by atoms with Crippen LogP contribution < -0.4 is 5.32 Å². The molecule has 1 aliphatic rings. The van der Waals surface area contributed by atoms with Crippen LogP contribution in [0.5, 0.6) is 0 Å². The highest BCUT2D eigenvalue weighted by atomic mass is 19.4. The summed E-state index contributed by atoms with van der Waals surface area (Å²) in [7, 11) is 0. The van der Waals surface area contributed by atoms with Crippen molar-refractivity contribution in [3.8, 4) is 11.3 Å². The van der Waals surface area contributed by atoms with Crippen LogP contribution in [0.1, 0.15) is 41.0 Å². The van der Waals surface area contributed by atoms with Crippen molar-refractivity contribution in [1.82, 2.24) is 19.9 Å². The van der Waals surface area contributed by atoms with E-state index in [1.807, 2.05) is 12.1 Å². The van der Waals surface area contributed by atoms with Gasteiger partial charge in [0, 0.05) is 35.4 Å². The fourth-order valence-electron chi connectivity index (χ4n) is 5.46. The second-order valence-corrected chi connectivity index (χ2v) is 10.4. The Morgan fingerprint density at radius 1 is 0.860 bits per heavy atom. The minimum atomic E-state index is -4.61. The Morgan fingerprint density at radius 2 is 1.63 bits per heavy atom. The van der Waals surface area contributed by atoms with Crippen LogP contribution in [0, 0.1) is 0 Å². The Morgan fingerprint density at radius 3 is 2.37 bits per heavy atom. The second-order valence-electron chi connectivity index (χ2n) is 10.4. The zero-order valence-corrected chi connectivity index (χ0v) is 22.8. The summed E-state index contributed by atoms with van der Waals surface area (Å²) in [4.78, 5) is 15.7. The minimum absolute atomic E-state index is 0.0739. The maximum atomic E-state index is 13.8. The third-order valence-corrected chi connectivity index (χ3v) is 7.67. The number of rotatable bonds is 5. The Labute approximate surface area is 243 Å². The lowest BCUT2D eigenvalue weighted by Crippen LogP contribution is -2.34. The molecule has 0 saturated heterocycles. The summed E-state index contributed by atoms with van der Waals surface area (Å²) in [5.74, 6) is 0.746. The number of nitrogens with zero attached hydrogens (tertiary/aromatic N) is 4. The Bertz CT molecular complexity index is 1780. The number of pyridine rings is 1. The summed E-state index contributed by atoms with van der Waals surface area (Å²) in [6.45, 7) is 3.21. The first-order chi connectivity index (χ1) is 20.5. The van der Waals surface area contributed by atoms with Crippen molar-refractivity contribution < 1.29 is 26.3 Å². The van der Waals surface area contributed by atoms with Crippen LogP contribution in [-0.4, -0.2) is 26.4 Å². The second kappa shape index (κ2) is 11.0. The topological polar surface area (TPSA) is 53.9 Å². The highest BCUT2D eigenvalue weighted by molar-refractivity contribution is 5.93. The molecule has 0 bridgehead atoms. The highest BCUT2D eigenvalue weighted by Gasteiger charge is 2.34. The van der Waals surface area contributed by atoms with Crippen molar-refractivity contribution in [3.05, 3.63) is 113 Å². The van der Waals surface area contributed by atoms with E-state index in [1.54, 1.807) is 6.07 Å². The van der Waals surface area contributed by atoms with Gasteiger partial charge in [-0.2, -0.15) is 26.3 Å². The molecular formula is C32H25F6N5. The van der Waals surface area contributed by atoms with E-state index in [9.17, 15) is 26.3 Å². The van der Waals surface area contributed by atoms with Gasteiger partial charge in [0.1, 0.15) is 11.6 Å². The molecule has 0 saturated carbocycles. The zero-order valence-electron chi connectivity index (χ0n) is 22.8. The van der Waals surface area contributed by atoms with E-state index >= 15 is 0 Å². The number of hydrogen-bond acceptors (Lipinski definition) is 5. The molecule has 1 unspecified atom stereocenters. The van der Waals surface area contributed by atoms with Gasteiger partial charge < -0.3 is 5.32 Å². The van der Waals surface area contributed by atoms with Crippen LogP contribution in [0.2, 0.25) is 0 Å². The summed E-state index contributed by atoms with van der Waals surface area (Å²) < 4.78 is 80.7. The van der Waals surface area contributed by atoms with E-state index in [0.29, 0.717) is 34.8 Å². The van der Waals surface area contributed by atoms with Gasteiger partial charge >= 0.3 is 12.4 Å². The van der Waals surface area contributed by atoms with Crippen molar-refractivity contribution in [3.63, 3.8) is 0 Å². The van der Waals surface area contributed by atoms with Gasteiger partial charge in [0.2, 0.25) is 0 Å². The van der Waals surface area contributed by atoms with Gasteiger partial charge in [-0.3, -0.25) is 9.88 Å². The molecule has 3 heterocycles. The molecule has 43 heavy (non-hydrogen) atoms. The average molecular weight is 594 g/mol. The van der Waals surface area contributed by atoms with Gasteiger partial charge in [0.05, 0.1) is 28.9 Å². The molecule has 0 fully saturated rings. The number of halogens is 6. The summed E-state index contributed by atoms with van der Waals surface area (Å²) in [6, 6.07) is 19.7. The SMILES string of the molecule is CC1c2ccccc2CCN1Cc1nc(Nc2ccc(C(F)(F)F)cc2)c2ccc(-c3ncccc3C(F)(F)F)cc2n1. The van der Waals surface area contributed by atoms with Crippen LogP contribution in [-0.2, 0) is 25.3 Å². The van der Waals surface area contributed by atoms with Gasteiger partial charge in [-0.1, -0.05) is 30.3 Å². The van der Waals surface area contributed by atoms with Crippen LogP contribution in [0.15, 0.2) is 85.1 Å². The Hall–Kier alpha value is -4.51. The number of nitrogens with one attached hydrogen (secondary N) is 1. The number of fused-ring (bicyclic) bond motifs is 2. The molecule has 11 heteroatoms. The summed E-state index contributed by atoms with van der Waals surface area (Å²) in [5.41, 5.74) is 1.57. The normalized spacial score (nSPS) is 15.8. The predicted molar refractivity (Wildman–Crippen MR) is 151 cm³/mol. The Balaban J connectivity index is 1.42. The van der Waals surface area contributed by atoms with E-state index in [2.05, 4.69) is 34.3 Å². The summed E-state index contributed by atoms with van der Waals surface area (Å²) >= 11 is 0. The predicted octanol–water partition coefficient (Wildman–Crippen LogP) is 8.59. The van der Waals surface area contributed by atoms with Crippen molar-refractivity contribution in [2.45, 2.75) is 38.3 Å². The molecule has 5 aromatic rings. The molecule has 6 rings (SSSR count). The summed E-state index contributed by atoms with van der Waals surface area (Å²) in [6.07, 6.45) is -6.94. The molecule has 0 aliphatic carbocycles. The van der Waals surface area contributed by atoms with Crippen molar-refractivity contribution >= 4 is 22.4 Å². The fourth-order valence-corrected chi connectivity index (χ4v) is 5.46. The van der Waals surface area contributed by atoms with Crippen LogP contribution in [0.4, 0.5) is 37.8 Å². The minimum Gasteiger partial charge on any atom is -0.340 e. The molecular weight excluding hydrogens is 568 g/mol. The lowest BCUT2D eigenvalue weighted by molar-refractivity contribution is -0.138. The molecule has 5 nitrogen and oxygen atoms in total. The fraction of sp³-hybridized carbons (Fsp3) is 0.219. The van der Waals surface area contributed by atoms with Gasteiger partial charge in [0.15, 0.2) is 0 Å². The largest absolute Gasteiger partial charge is 0.418 e. The van der Waals surface area contributed by atoms with E-state index in [0.717, 1.165) is 31.2 Å². The summed E-state index contributed by atoms with van der Waals surface area (Å²) in [5, 5.41) is 3.59. The van der Waals surface area contributed by atoms with E-state index < -0.39 is 23.5 Å². The molecule has 0 amide bonds. The first-order valence-corrected chi connectivity index (χ1v) is 13.6. The number of benzene rings is 3. The van der Waals surface area contributed by atoms with E-state index in [-0.39, 0.29) is 17.3 Å². The molecule has 3 aromatic carbocycles. The van der Waals surface area contributed by atoms with Crippen molar-refractivity contribution in [1.29, 1.82) is 0 Å². The van der Waals surface area contributed by atoms with Crippen LogP contribution in [0.25, 0.3) is 22.2 Å². The van der Waals surface area contributed by atoms with E-state index in [1.165, 1.54) is 47.7 Å². The number of hydrogen-bond donors (Lipinski definition) is 1. The van der Waals surface area contributed by atoms with Gasteiger partial charge in [-0.15, -0.1) is 0 Å². The molecule has 1 atom stereocenters. The van der Waals surface area contributed by atoms with Crippen molar-refractivity contribution in [2.24, 2.45) is 0 Å². The monoisotopic (exact) mass is 593 g/mol. The number of aromatic nitrogens is 3. The average Bonchev–Trinajstić information content (AvgIpc) is 2.98. The maximum Gasteiger partial charge on any atom is 0.418 e. The third kappa shape index (κ3) is 5.90.